The molecular weight excluding hydrogens is 372 g/mol. The van der Waals surface area contributed by atoms with Gasteiger partial charge in [0, 0.05) is 37.3 Å². The van der Waals surface area contributed by atoms with Crippen LogP contribution in [0.1, 0.15) is 36.0 Å². The molecule has 0 saturated carbocycles. The van der Waals surface area contributed by atoms with Crippen molar-refractivity contribution in [1.82, 2.24) is 4.98 Å². The number of nitro benzene ring substituents is 1. The van der Waals surface area contributed by atoms with Gasteiger partial charge in [0.15, 0.2) is 11.5 Å². The number of carbonyl (C=O) groups is 1. The molecule has 1 saturated heterocycles. The predicted molar refractivity (Wildman–Crippen MR) is 110 cm³/mol. The summed E-state index contributed by atoms with van der Waals surface area (Å²) in [4.78, 5) is 30.2. The Hall–Kier alpha value is -3.42. The van der Waals surface area contributed by atoms with Gasteiger partial charge in [0.2, 0.25) is 0 Å². The molecule has 2 aromatic carbocycles. The number of hydrogen-bond acceptors (Lipinski definition) is 6. The maximum absolute atomic E-state index is 12.7. The highest BCUT2D eigenvalue weighted by Gasteiger charge is 2.25. The molecular formula is C21H22N4O4. The largest absolute Gasteiger partial charge is 0.441 e. The molecule has 8 heteroatoms. The number of nitrogens with zero attached hydrogens (tertiary/aromatic N) is 3. The molecule has 1 atom stereocenters. The summed E-state index contributed by atoms with van der Waals surface area (Å²) < 4.78 is 5.43. The van der Waals surface area contributed by atoms with Gasteiger partial charge in [-0.2, -0.15) is 0 Å². The number of rotatable bonds is 4. The van der Waals surface area contributed by atoms with Crippen molar-refractivity contribution in [2.45, 2.75) is 26.7 Å². The van der Waals surface area contributed by atoms with Gasteiger partial charge < -0.3 is 14.6 Å². The Morgan fingerprint density at radius 1 is 1.31 bits per heavy atom. The molecule has 1 N–H and O–H groups in total. The normalized spacial score (nSPS) is 16.8. The fourth-order valence-electron chi connectivity index (χ4n) is 3.81. The highest BCUT2D eigenvalue weighted by Crippen LogP contribution is 2.32. The molecule has 1 unspecified atom stereocenters. The van der Waals surface area contributed by atoms with Crippen LogP contribution in [0.25, 0.3) is 11.1 Å². The molecule has 8 nitrogen and oxygen atoms in total. The van der Waals surface area contributed by atoms with Crippen LogP contribution < -0.4 is 10.2 Å². The van der Waals surface area contributed by atoms with Crippen molar-refractivity contribution in [2.24, 2.45) is 5.92 Å². The van der Waals surface area contributed by atoms with Crippen LogP contribution in [0.2, 0.25) is 0 Å². The molecule has 0 bridgehead atoms. The van der Waals surface area contributed by atoms with Crippen molar-refractivity contribution in [3.05, 3.63) is 58.0 Å². The van der Waals surface area contributed by atoms with Gasteiger partial charge in [-0.25, -0.2) is 4.98 Å². The zero-order chi connectivity index (χ0) is 20.5. The Kier molecular flexibility index (Phi) is 4.92. The van der Waals surface area contributed by atoms with E-state index in [9.17, 15) is 14.9 Å². The molecule has 1 amide bonds. The van der Waals surface area contributed by atoms with Crippen molar-refractivity contribution in [3.63, 3.8) is 0 Å². The van der Waals surface area contributed by atoms with Crippen molar-refractivity contribution in [1.29, 1.82) is 0 Å². The second-order valence-corrected chi connectivity index (χ2v) is 7.52. The highest BCUT2D eigenvalue weighted by molar-refractivity contribution is 6.05. The van der Waals surface area contributed by atoms with E-state index < -0.39 is 10.8 Å². The van der Waals surface area contributed by atoms with Crippen molar-refractivity contribution in [2.75, 3.05) is 23.3 Å². The number of fused-ring (bicyclic) bond motifs is 1. The average molecular weight is 394 g/mol. The summed E-state index contributed by atoms with van der Waals surface area (Å²) in [6.07, 6.45) is 2.13. The topological polar surface area (TPSA) is 102 Å². The van der Waals surface area contributed by atoms with Crippen LogP contribution in [0.15, 0.2) is 40.8 Å². The van der Waals surface area contributed by atoms with Crippen molar-refractivity contribution in [3.8, 4) is 0 Å². The van der Waals surface area contributed by atoms with E-state index >= 15 is 0 Å². The molecule has 1 fully saturated rings. The second-order valence-electron chi connectivity index (χ2n) is 7.52. The summed E-state index contributed by atoms with van der Waals surface area (Å²) in [6, 6.07) is 9.81. The Morgan fingerprint density at radius 3 is 2.90 bits per heavy atom. The molecule has 4 rings (SSSR count). The third-order valence-corrected chi connectivity index (χ3v) is 5.18. The molecule has 2 heterocycles. The molecule has 150 valence electrons. The fourth-order valence-corrected chi connectivity index (χ4v) is 3.81. The van der Waals surface area contributed by atoms with E-state index in [0.717, 1.165) is 25.9 Å². The lowest BCUT2D eigenvalue weighted by atomic mass is 9.99. The van der Waals surface area contributed by atoms with Gasteiger partial charge in [-0.05, 0) is 49.1 Å². The molecule has 0 radical (unpaired) electrons. The fraction of sp³-hybridized carbons (Fsp3) is 0.333. The predicted octanol–water partition coefficient (Wildman–Crippen LogP) is 4.53. The number of piperidine rings is 1. The first-order chi connectivity index (χ1) is 13.9. The van der Waals surface area contributed by atoms with E-state index in [2.05, 4.69) is 17.2 Å². The van der Waals surface area contributed by atoms with Gasteiger partial charge in [0.1, 0.15) is 11.2 Å². The molecule has 1 aliphatic heterocycles. The summed E-state index contributed by atoms with van der Waals surface area (Å²) in [5.74, 6) is 0.620. The smallest absolute Gasteiger partial charge is 0.293 e. The lowest BCUT2D eigenvalue weighted by molar-refractivity contribution is -0.384. The summed E-state index contributed by atoms with van der Waals surface area (Å²) >= 11 is 0. The Morgan fingerprint density at radius 2 is 2.14 bits per heavy atom. The summed E-state index contributed by atoms with van der Waals surface area (Å²) in [6.45, 7) is 5.46. The van der Waals surface area contributed by atoms with Gasteiger partial charge in [-0.3, -0.25) is 14.9 Å². The maximum Gasteiger partial charge on any atom is 0.293 e. The first kappa shape index (κ1) is 18.9. The van der Waals surface area contributed by atoms with Crippen molar-refractivity contribution >= 4 is 34.1 Å². The number of amides is 1. The third-order valence-electron chi connectivity index (χ3n) is 5.18. The van der Waals surface area contributed by atoms with Gasteiger partial charge in [-0.1, -0.05) is 6.92 Å². The lowest BCUT2D eigenvalue weighted by Gasteiger charge is -2.32. The molecule has 1 aromatic heterocycles. The number of carbonyl (C=O) groups excluding carboxylic acids is 1. The number of benzene rings is 2. The number of hydrogen-bond donors (Lipinski definition) is 1. The van der Waals surface area contributed by atoms with Gasteiger partial charge >= 0.3 is 0 Å². The maximum atomic E-state index is 12.7. The van der Waals surface area contributed by atoms with Crippen molar-refractivity contribution < 1.29 is 14.1 Å². The molecule has 29 heavy (non-hydrogen) atoms. The van der Waals surface area contributed by atoms with Crippen LogP contribution in [0.4, 0.5) is 17.1 Å². The summed E-state index contributed by atoms with van der Waals surface area (Å²) in [5.41, 5.74) is 2.58. The van der Waals surface area contributed by atoms with E-state index in [1.165, 1.54) is 6.07 Å². The monoisotopic (exact) mass is 394 g/mol. The number of aromatic nitrogens is 1. The van der Waals surface area contributed by atoms with E-state index in [-0.39, 0.29) is 11.3 Å². The summed E-state index contributed by atoms with van der Waals surface area (Å²) in [5, 5.41) is 14.4. The molecule has 1 aliphatic rings. The number of oxazole rings is 1. The average Bonchev–Trinajstić information content (AvgIpc) is 3.06. The van der Waals surface area contributed by atoms with E-state index in [1.807, 2.05) is 4.90 Å². The summed E-state index contributed by atoms with van der Waals surface area (Å²) in [7, 11) is 0. The first-order valence-corrected chi connectivity index (χ1v) is 9.62. The Bertz CT molecular complexity index is 1090. The van der Waals surface area contributed by atoms with Crippen LogP contribution in [-0.4, -0.2) is 28.9 Å². The third kappa shape index (κ3) is 3.91. The molecule has 0 aliphatic carbocycles. The number of nitro groups is 1. The van der Waals surface area contributed by atoms with E-state index in [4.69, 9.17) is 4.42 Å². The van der Waals surface area contributed by atoms with Crippen LogP contribution in [-0.2, 0) is 0 Å². The first-order valence-electron chi connectivity index (χ1n) is 9.62. The molecule has 0 spiro atoms. The van der Waals surface area contributed by atoms with Gasteiger partial charge in [0.05, 0.1) is 4.92 Å². The minimum Gasteiger partial charge on any atom is -0.441 e. The number of nitrogens with one attached hydrogen (secondary N) is 1. The quantitative estimate of drug-likeness (QED) is 0.515. The van der Waals surface area contributed by atoms with Crippen LogP contribution in [0.5, 0.6) is 0 Å². The number of aryl methyl sites for hydroxylation is 1. The highest BCUT2D eigenvalue weighted by atomic mass is 16.6. The van der Waals surface area contributed by atoms with E-state index in [0.29, 0.717) is 34.3 Å². The van der Waals surface area contributed by atoms with Gasteiger partial charge in [0.25, 0.3) is 11.6 Å². The van der Waals surface area contributed by atoms with Gasteiger partial charge in [-0.15, -0.1) is 0 Å². The SMILES string of the molecule is Cc1nc2cc(NC(=O)c3ccc(N4CCCC(C)C4)c([N+](=O)[O-])c3)ccc2o1. The molecule has 3 aromatic rings. The van der Waals surface area contributed by atoms with Crippen LogP contribution >= 0.6 is 0 Å². The number of anilines is 2. The van der Waals surface area contributed by atoms with Crippen LogP contribution in [0, 0.1) is 23.0 Å². The zero-order valence-corrected chi connectivity index (χ0v) is 16.3. The standard InChI is InChI=1S/C21H22N4O4/c1-13-4-3-9-24(12-13)18-7-5-15(10-19(18)25(27)28)21(26)23-16-6-8-20-17(11-16)22-14(2)29-20/h5-8,10-11,13H,3-4,9,12H2,1-2H3,(H,23,26). The lowest BCUT2D eigenvalue weighted by Crippen LogP contribution is -2.34. The zero-order valence-electron chi connectivity index (χ0n) is 16.3. The minimum absolute atomic E-state index is 0.0469. The minimum atomic E-state index is -0.421. The second kappa shape index (κ2) is 7.54. The van der Waals surface area contributed by atoms with E-state index in [1.54, 1.807) is 37.3 Å². The Labute approximate surface area is 167 Å². The van der Waals surface area contributed by atoms with Crippen LogP contribution in [0.3, 0.4) is 0 Å². The Balaban J connectivity index is 1.59.